The Hall–Kier alpha value is -1.89. The van der Waals surface area contributed by atoms with Gasteiger partial charge in [-0.15, -0.1) is 11.3 Å². The van der Waals surface area contributed by atoms with Gasteiger partial charge >= 0.3 is 0 Å². The minimum atomic E-state index is -1.62. The first-order valence-electron chi connectivity index (χ1n) is 5.29. The van der Waals surface area contributed by atoms with Gasteiger partial charge in [0, 0.05) is 4.88 Å². The molecule has 1 N–H and O–H groups in total. The quantitative estimate of drug-likeness (QED) is 0.859. The molecule has 100 valence electrons. The lowest BCUT2D eigenvalue weighted by Crippen LogP contribution is -2.13. The van der Waals surface area contributed by atoms with Crippen LogP contribution in [0.1, 0.15) is 20.4 Å². The number of hydrogen-bond donors (Lipinski definition) is 1. The number of aromatic nitrogens is 1. The molecular weight excluding hydrogens is 277 g/mol. The number of amides is 1. The largest absolute Gasteiger partial charge is 0.317 e. The summed E-state index contributed by atoms with van der Waals surface area (Å²) in [5.74, 6) is -5.02. The predicted molar refractivity (Wildman–Crippen MR) is 65.9 cm³/mol. The molecule has 0 saturated heterocycles. The molecule has 2 rings (SSSR count). The maximum atomic E-state index is 13.4. The molecule has 0 spiro atoms. The third-order valence-electron chi connectivity index (χ3n) is 2.51. The first kappa shape index (κ1) is 13.5. The number of carbonyl (C=O) groups excluding carboxylic acids is 1. The molecule has 7 heteroatoms. The molecule has 2 aromatic rings. The molecule has 0 aliphatic heterocycles. The van der Waals surface area contributed by atoms with E-state index < -0.39 is 29.0 Å². The van der Waals surface area contributed by atoms with Crippen molar-refractivity contribution in [1.82, 2.24) is 4.98 Å². The first-order chi connectivity index (χ1) is 8.90. The first-order valence-corrected chi connectivity index (χ1v) is 6.10. The number of carbonyl (C=O) groups is 1. The summed E-state index contributed by atoms with van der Waals surface area (Å²) >= 11 is 1.14. The van der Waals surface area contributed by atoms with Crippen LogP contribution in [0.25, 0.3) is 0 Å². The van der Waals surface area contributed by atoms with Crippen LogP contribution >= 0.6 is 11.3 Å². The lowest BCUT2D eigenvalue weighted by molar-refractivity contribution is 0.102. The number of thiazole rings is 1. The predicted octanol–water partition coefficient (Wildman–Crippen LogP) is 3.43. The van der Waals surface area contributed by atoms with Crippen LogP contribution < -0.4 is 5.32 Å². The van der Waals surface area contributed by atoms with E-state index in [1.54, 1.807) is 13.8 Å². The zero-order chi connectivity index (χ0) is 14.2. The number of nitrogens with zero attached hydrogens (tertiary/aromatic N) is 1. The molecule has 3 nitrogen and oxygen atoms in total. The summed E-state index contributed by atoms with van der Waals surface area (Å²) in [5, 5.41) is 2.30. The highest BCUT2D eigenvalue weighted by Gasteiger charge is 2.18. The smallest absolute Gasteiger partial charge is 0.284 e. The summed E-state index contributed by atoms with van der Waals surface area (Å²) in [6.07, 6.45) is 0. The van der Waals surface area contributed by atoms with Crippen molar-refractivity contribution in [3.05, 3.63) is 45.2 Å². The van der Waals surface area contributed by atoms with E-state index in [9.17, 15) is 18.0 Å². The fourth-order valence-electron chi connectivity index (χ4n) is 1.37. The van der Waals surface area contributed by atoms with Gasteiger partial charge in [0.05, 0.1) is 11.4 Å². The molecule has 0 aliphatic rings. The van der Waals surface area contributed by atoms with E-state index >= 15 is 0 Å². The number of hydrogen-bond acceptors (Lipinski definition) is 3. The highest BCUT2D eigenvalue weighted by molar-refractivity contribution is 7.13. The van der Waals surface area contributed by atoms with Crippen molar-refractivity contribution in [3.63, 3.8) is 0 Å². The molecule has 1 amide bonds. The Kier molecular flexibility index (Phi) is 3.57. The molecule has 0 unspecified atom stereocenters. The Balaban J connectivity index is 2.27. The van der Waals surface area contributed by atoms with Crippen molar-refractivity contribution in [3.8, 4) is 0 Å². The number of nitrogens with one attached hydrogen (secondary N) is 1. The van der Waals surface area contributed by atoms with Gasteiger partial charge in [-0.25, -0.2) is 18.2 Å². The zero-order valence-corrected chi connectivity index (χ0v) is 10.9. The molecule has 1 aromatic heterocycles. The van der Waals surface area contributed by atoms with Crippen LogP contribution in [0.3, 0.4) is 0 Å². The monoisotopic (exact) mass is 286 g/mol. The van der Waals surface area contributed by atoms with Crippen LogP contribution in [0.15, 0.2) is 12.1 Å². The van der Waals surface area contributed by atoms with Gasteiger partial charge in [0.2, 0.25) is 0 Å². The second-order valence-electron chi connectivity index (χ2n) is 3.84. The van der Waals surface area contributed by atoms with E-state index in [1.807, 2.05) is 0 Å². The number of aryl methyl sites for hydroxylation is 2. The fourth-order valence-corrected chi connectivity index (χ4v) is 2.18. The third kappa shape index (κ3) is 2.60. The Bertz CT molecular complexity index is 635. The molecule has 0 saturated carbocycles. The maximum absolute atomic E-state index is 13.4. The van der Waals surface area contributed by atoms with Gasteiger partial charge in [-0.05, 0) is 26.0 Å². The van der Waals surface area contributed by atoms with E-state index in [0.717, 1.165) is 28.3 Å². The van der Waals surface area contributed by atoms with Gasteiger partial charge < -0.3 is 5.32 Å². The fraction of sp³-hybridized carbons (Fsp3) is 0.167. The van der Waals surface area contributed by atoms with Crippen LogP contribution in [0.4, 0.5) is 18.9 Å². The summed E-state index contributed by atoms with van der Waals surface area (Å²) in [5.41, 5.74) is 0.273. The molecule has 0 aliphatic carbocycles. The molecule has 0 fully saturated rings. The van der Waals surface area contributed by atoms with Crippen LogP contribution in [0.5, 0.6) is 0 Å². The number of halogens is 3. The minimum Gasteiger partial charge on any atom is -0.317 e. The van der Waals surface area contributed by atoms with Crippen molar-refractivity contribution in [2.75, 3.05) is 5.32 Å². The standard InChI is InChI=1S/C12H9F3N2OS/c1-5-6(2)19-12(16-5)11(18)17-8-4-3-7(13)9(14)10(8)15/h3-4H,1-2H3,(H,17,18). The van der Waals surface area contributed by atoms with Crippen LogP contribution in [0.2, 0.25) is 0 Å². The highest BCUT2D eigenvalue weighted by atomic mass is 32.1. The van der Waals surface area contributed by atoms with Gasteiger partial charge in [0.25, 0.3) is 5.91 Å². The van der Waals surface area contributed by atoms with Gasteiger partial charge in [-0.2, -0.15) is 0 Å². The topological polar surface area (TPSA) is 42.0 Å². The van der Waals surface area contributed by atoms with E-state index in [-0.39, 0.29) is 5.01 Å². The maximum Gasteiger partial charge on any atom is 0.284 e. The van der Waals surface area contributed by atoms with E-state index in [2.05, 4.69) is 10.3 Å². The molecule has 0 bridgehead atoms. The normalized spacial score (nSPS) is 10.6. The van der Waals surface area contributed by atoms with Crippen molar-refractivity contribution in [2.45, 2.75) is 13.8 Å². The average Bonchev–Trinajstić information content (AvgIpc) is 2.70. The number of benzene rings is 1. The van der Waals surface area contributed by atoms with Gasteiger partial charge in [-0.1, -0.05) is 0 Å². The molecular formula is C12H9F3N2OS. The number of anilines is 1. The molecule has 19 heavy (non-hydrogen) atoms. The Morgan fingerprint density at radius 2 is 1.89 bits per heavy atom. The van der Waals surface area contributed by atoms with E-state index in [0.29, 0.717) is 5.69 Å². The van der Waals surface area contributed by atoms with Crippen molar-refractivity contribution >= 4 is 22.9 Å². The SMILES string of the molecule is Cc1nc(C(=O)Nc2ccc(F)c(F)c2F)sc1C. The van der Waals surface area contributed by atoms with E-state index in [1.165, 1.54) is 0 Å². The third-order valence-corrected chi connectivity index (χ3v) is 3.58. The second kappa shape index (κ2) is 5.00. The van der Waals surface area contributed by atoms with Gasteiger partial charge in [0.1, 0.15) is 0 Å². The minimum absolute atomic E-state index is 0.138. The van der Waals surface area contributed by atoms with Crippen LogP contribution in [-0.4, -0.2) is 10.9 Å². The highest BCUT2D eigenvalue weighted by Crippen LogP contribution is 2.22. The molecule has 0 radical (unpaired) electrons. The lowest BCUT2D eigenvalue weighted by atomic mass is 10.3. The summed E-state index contributed by atoms with van der Waals surface area (Å²) in [6, 6.07) is 1.70. The van der Waals surface area contributed by atoms with Crippen molar-refractivity contribution < 1.29 is 18.0 Å². The second-order valence-corrected chi connectivity index (χ2v) is 5.04. The summed E-state index contributed by atoms with van der Waals surface area (Å²) < 4.78 is 39.1. The van der Waals surface area contributed by atoms with E-state index in [4.69, 9.17) is 0 Å². The lowest BCUT2D eigenvalue weighted by Gasteiger charge is -2.05. The summed E-state index contributed by atoms with van der Waals surface area (Å²) in [6.45, 7) is 3.53. The summed E-state index contributed by atoms with van der Waals surface area (Å²) in [4.78, 5) is 16.6. The zero-order valence-electron chi connectivity index (χ0n) is 10.1. The van der Waals surface area contributed by atoms with Crippen LogP contribution in [0, 0.1) is 31.3 Å². The van der Waals surface area contributed by atoms with Gasteiger partial charge in [-0.3, -0.25) is 4.79 Å². The van der Waals surface area contributed by atoms with Crippen LogP contribution in [-0.2, 0) is 0 Å². The Morgan fingerprint density at radius 3 is 2.47 bits per heavy atom. The Morgan fingerprint density at radius 1 is 1.21 bits per heavy atom. The molecule has 0 atom stereocenters. The average molecular weight is 286 g/mol. The Labute approximate surface area is 111 Å². The van der Waals surface area contributed by atoms with Crippen molar-refractivity contribution in [1.29, 1.82) is 0 Å². The number of rotatable bonds is 2. The van der Waals surface area contributed by atoms with Gasteiger partial charge in [0.15, 0.2) is 22.5 Å². The summed E-state index contributed by atoms with van der Waals surface area (Å²) in [7, 11) is 0. The van der Waals surface area contributed by atoms with Crippen molar-refractivity contribution in [2.24, 2.45) is 0 Å². The molecule has 1 aromatic carbocycles. The molecule has 1 heterocycles.